The maximum absolute atomic E-state index is 6.32. The van der Waals surface area contributed by atoms with E-state index < -0.39 is 5.54 Å². The number of halogens is 1. The third-order valence-corrected chi connectivity index (χ3v) is 3.87. The molecule has 0 amide bonds. The summed E-state index contributed by atoms with van der Waals surface area (Å²) in [5.41, 5.74) is 8.18. The molecular weight excluding hydrogens is 306 g/mol. The number of nitrogens with two attached hydrogens (primary N) is 1. The number of ether oxygens (including phenoxy) is 2. The van der Waals surface area contributed by atoms with Gasteiger partial charge in [0.05, 0.1) is 17.7 Å². The van der Waals surface area contributed by atoms with Crippen molar-refractivity contribution in [3.63, 3.8) is 0 Å². The van der Waals surface area contributed by atoms with Crippen molar-refractivity contribution < 1.29 is 9.47 Å². The smallest absolute Gasteiger partial charge is 0.175 e. The van der Waals surface area contributed by atoms with Crippen LogP contribution in [0.3, 0.4) is 0 Å². The molecule has 0 aliphatic carbocycles. The van der Waals surface area contributed by atoms with Crippen molar-refractivity contribution in [2.24, 2.45) is 5.73 Å². The Morgan fingerprint density at radius 3 is 2.32 bits per heavy atom. The Kier molecular flexibility index (Phi) is 4.11. The molecule has 0 saturated heterocycles. The lowest BCUT2D eigenvalue weighted by atomic mass is 9.85. The zero-order chi connectivity index (χ0) is 14.2. The SMILES string of the molecule is CC(C)c1c(C(C)(C)N)cc(Br)c2c1OCCCO2. The van der Waals surface area contributed by atoms with Gasteiger partial charge in [-0.25, -0.2) is 0 Å². The summed E-state index contributed by atoms with van der Waals surface area (Å²) in [7, 11) is 0. The lowest BCUT2D eigenvalue weighted by Crippen LogP contribution is -2.30. The van der Waals surface area contributed by atoms with E-state index >= 15 is 0 Å². The predicted molar refractivity (Wildman–Crippen MR) is 81.1 cm³/mol. The minimum Gasteiger partial charge on any atom is -0.489 e. The monoisotopic (exact) mass is 327 g/mol. The van der Waals surface area contributed by atoms with Crippen LogP contribution in [-0.4, -0.2) is 13.2 Å². The Morgan fingerprint density at radius 1 is 1.21 bits per heavy atom. The quantitative estimate of drug-likeness (QED) is 0.895. The van der Waals surface area contributed by atoms with E-state index in [1.807, 2.05) is 13.8 Å². The van der Waals surface area contributed by atoms with Gasteiger partial charge in [0.15, 0.2) is 11.5 Å². The van der Waals surface area contributed by atoms with Gasteiger partial charge in [0.25, 0.3) is 0 Å². The molecule has 0 atom stereocenters. The zero-order valence-corrected chi connectivity index (χ0v) is 13.6. The summed E-state index contributed by atoms with van der Waals surface area (Å²) in [5.74, 6) is 2.01. The minimum absolute atomic E-state index is 0.335. The van der Waals surface area contributed by atoms with Gasteiger partial charge >= 0.3 is 0 Å². The maximum Gasteiger partial charge on any atom is 0.175 e. The summed E-state index contributed by atoms with van der Waals surface area (Å²) in [6.07, 6.45) is 0.903. The van der Waals surface area contributed by atoms with Crippen LogP contribution < -0.4 is 15.2 Å². The molecule has 0 aromatic heterocycles. The van der Waals surface area contributed by atoms with Crippen molar-refractivity contribution in [1.29, 1.82) is 0 Å². The van der Waals surface area contributed by atoms with Crippen molar-refractivity contribution in [2.45, 2.75) is 45.6 Å². The summed E-state index contributed by atoms with van der Waals surface area (Å²) >= 11 is 3.58. The van der Waals surface area contributed by atoms with Gasteiger partial charge in [-0.2, -0.15) is 0 Å². The molecule has 1 aliphatic rings. The summed E-state index contributed by atoms with van der Waals surface area (Å²) in [6.45, 7) is 9.73. The molecule has 4 heteroatoms. The predicted octanol–water partition coefficient (Wildman–Crippen LogP) is 3.93. The highest BCUT2D eigenvalue weighted by Crippen LogP contribution is 2.46. The van der Waals surface area contributed by atoms with Gasteiger partial charge in [-0.05, 0) is 47.3 Å². The molecule has 1 aromatic carbocycles. The Morgan fingerprint density at radius 2 is 1.79 bits per heavy atom. The van der Waals surface area contributed by atoms with Crippen LogP contribution in [0.1, 0.15) is 51.2 Å². The van der Waals surface area contributed by atoms with E-state index in [9.17, 15) is 0 Å². The van der Waals surface area contributed by atoms with E-state index in [1.54, 1.807) is 0 Å². The second-order valence-electron chi connectivity index (χ2n) is 5.90. The van der Waals surface area contributed by atoms with Crippen LogP contribution in [0.4, 0.5) is 0 Å². The molecule has 1 aliphatic heterocycles. The summed E-state index contributed by atoms with van der Waals surface area (Å²) < 4.78 is 12.7. The van der Waals surface area contributed by atoms with Gasteiger partial charge in [0.1, 0.15) is 0 Å². The molecule has 0 radical (unpaired) electrons. The second-order valence-corrected chi connectivity index (χ2v) is 6.76. The number of hydrogen-bond acceptors (Lipinski definition) is 3. The molecular formula is C15H22BrNO2. The lowest BCUT2D eigenvalue weighted by molar-refractivity contribution is 0.295. The van der Waals surface area contributed by atoms with Gasteiger partial charge in [-0.1, -0.05) is 13.8 Å². The molecule has 0 saturated carbocycles. The average Bonchev–Trinajstić information content (AvgIpc) is 2.52. The highest BCUT2D eigenvalue weighted by atomic mass is 79.9. The van der Waals surface area contributed by atoms with E-state index in [0.29, 0.717) is 19.1 Å². The minimum atomic E-state index is -0.410. The molecule has 2 rings (SSSR count). The van der Waals surface area contributed by atoms with Gasteiger partial charge in [-0.3, -0.25) is 0 Å². The van der Waals surface area contributed by atoms with Crippen LogP contribution in [0.5, 0.6) is 11.5 Å². The Balaban J connectivity index is 2.71. The van der Waals surface area contributed by atoms with E-state index in [-0.39, 0.29) is 0 Å². The van der Waals surface area contributed by atoms with Crippen molar-refractivity contribution in [1.82, 2.24) is 0 Å². The molecule has 0 bridgehead atoms. The third-order valence-electron chi connectivity index (χ3n) is 3.28. The second kappa shape index (κ2) is 5.33. The Bertz CT molecular complexity index is 478. The first-order valence-corrected chi connectivity index (χ1v) is 7.53. The molecule has 0 fully saturated rings. The molecule has 106 valence electrons. The average molecular weight is 328 g/mol. The Hall–Kier alpha value is -0.740. The molecule has 19 heavy (non-hydrogen) atoms. The lowest BCUT2D eigenvalue weighted by Gasteiger charge is -2.28. The summed E-state index contributed by atoms with van der Waals surface area (Å²) in [6, 6.07) is 2.07. The van der Waals surface area contributed by atoms with Crippen LogP contribution in [0.15, 0.2) is 10.5 Å². The van der Waals surface area contributed by atoms with E-state index in [4.69, 9.17) is 15.2 Å². The summed E-state index contributed by atoms with van der Waals surface area (Å²) in [5, 5.41) is 0. The number of rotatable bonds is 2. The van der Waals surface area contributed by atoms with Crippen molar-refractivity contribution in [3.8, 4) is 11.5 Å². The van der Waals surface area contributed by atoms with Crippen molar-refractivity contribution in [3.05, 3.63) is 21.7 Å². The normalized spacial score (nSPS) is 15.5. The largest absolute Gasteiger partial charge is 0.489 e. The zero-order valence-electron chi connectivity index (χ0n) is 12.0. The molecule has 0 unspecified atom stereocenters. The van der Waals surface area contributed by atoms with E-state index in [0.717, 1.165) is 33.5 Å². The Labute approximate surface area is 123 Å². The maximum atomic E-state index is 6.32. The van der Waals surface area contributed by atoms with E-state index in [2.05, 4.69) is 35.8 Å². The van der Waals surface area contributed by atoms with Gasteiger partial charge in [-0.15, -0.1) is 0 Å². The van der Waals surface area contributed by atoms with Crippen LogP contribution in [0.25, 0.3) is 0 Å². The number of fused-ring (bicyclic) bond motifs is 1. The first-order chi connectivity index (χ1) is 8.82. The first kappa shape index (κ1) is 14.7. The highest BCUT2D eigenvalue weighted by molar-refractivity contribution is 9.10. The fourth-order valence-corrected chi connectivity index (χ4v) is 2.94. The fourth-order valence-electron chi connectivity index (χ4n) is 2.41. The van der Waals surface area contributed by atoms with Crippen LogP contribution >= 0.6 is 15.9 Å². The standard InChI is InChI=1S/C15H22BrNO2/c1-9(2)12-10(15(3,4)17)8-11(16)13-14(12)19-7-5-6-18-13/h8-9H,5-7,17H2,1-4H3. The molecule has 1 aromatic rings. The topological polar surface area (TPSA) is 44.5 Å². The number of benzene rings is 1. The van der Waals surface area contributed by atoms with Gasteiger partial charge in [0.2, 0.25) is 0 Å². The number of hydrogen-bond donors (Lipinski definition) is 1. The fraction of sp³-hybridized carbons (Fsp3) is 0.600. The molecule has 2 N–H and O–H groups in total. The first-order valence-electron chi connectivity index (χ1n) is 6.73. The highest BCUT2D eigenvalue weighted by Gasteiger charge is 2.28. The molecule has 0 spiro atoms. The van der Waals surface area contributed by atoms with Gasteiger partial charge < -0.3 is 15.2 Å². The van der Waals surface area contributed by atoms with Crippen molar-refractivity contribution >= 4 is 15.9 Å². The van der Waals surface area contributed by atoms with Crippen molar-refractivity contribution in [2.75, 3.05) is 13.2 Å². The van der Waals surface area contributed by atoms with Crippen LogP contribution in [-0.2, 0) is 5.54 Å². The molecule has 1 heterocycles. The third kappa shape index (κ3) is 2.90. The van der Waals surface area contributed by atoms with Crippen LogP contribution in [0, 0.1) is 0 Å². The molecule has 3 nitrogen and oxygen atoms in total. The summed E-state index contributed by atoms with van der Waals surface area (Å²) in [4.78, 5) is 0. The van der Waals surface area contributed by atoms with Gasteiger partial charge in [0, 0.05) is 17.5 Å². The van der Waals surface area contributed by atoms with Crippen LogP contribution in [0.2, 0.25) is 0 Å². The van der Waals surface area contributed by atoms with E-state index in [1.165, 1.54) is 0 Å².